The molecule has 7 unspecified atom stereocenters. The van der Waals surface area contributed by atoms with Crippen molar-refractivity contribution in [1.29, 1.82) is 0 Å². The Morgan fingerprint density at radius 1 is 0.450 bits per heavy atom. The van der Waals surface area contributed by atoms with Crippen molar-refractivity contribution in [2.24, 2.45) is 46.3 Å². The summed E-state index contributed by atoms with van der Waals surface area (Å²) in [5.41, 5.74) is 0.465. The molecule has 12 heteroatoms. The minimum Gasteiger partial charge on any atom is -0.344 e. The van der Waals surface area contributed by atoms with Crippen LogP contribution in [0.15, 0.2) is 0 Å². The third-order valence-electron chi connectivity index (χ3n) is 11.2. The fourth-order valence-corrected chi connectivity index (χ4v) is 12.8. The average molecular weight is 919 g/mol. The second kappa shape index (κ2) is 35.7. The summed E-state index contributed by atoms with van der Waals surface area (Å²) in [6, 6.07) is 0. The molecule has 0 aromatic carbocycles. The summed E-state index contributed by atoms with van der Waals surface area (Å²) in [7, 11) is -10.3. The van der Waals surface area contributed by atoms with Crippen LogP contribution in [0.3, 0.4) is 0 Å². The maximum atomic E-state index is 12.4. The van der Waals surface area contributed by atoms with Crippen molar-refractivity contribution in [3.8, 4) is 0 Å². The molecule has 0 aromatic rings. The summed E-state index contributed by atoms with van der Waals surface area (Å²) >= 11 is 0. The molecular formula is C48H105O9P3. The molecule has 366 valence electrons. The Morgan fingerprint density at radius 3 is 1.00 bits per heavy atom. The van der Waals surface area contributed by atoms with Gasteiger partial charge in [0.25, 0.3) is 0 Å². The van der Waals surface area contributed by atoms with Gasteiger partial charge in [-0.25, -0.2) is 4.57 Å². The van der Waals surface area contributed by atoms with E-state index in [9.17, 15) is 28.4 Å². The van der Waals surface area contributed by atoms with Gasteiger partial charge in [0.05, 0.1) is 26.0 Å². The predicted molar refractivity (Wildman–Crippen MR) is 262 cm³/mol. The van der Waals surface area contributed by atoms with E-state index in [4.69, 9.17) is 13.6 Å². The molecule has 0 amide bonds. The number of unbranched alkanes of at least 4 members (excludes halogenated alkanes) is 4. The summed E-state index contributed by atoms with van der Waals surface area (Å²) in [4.78, 5) is 30.0. The molecule has 0 rings (SSSR count). The largest absolute Gasteiger partial charge is 0.472 e. The first-order valence-corrected chi connectivity index (χ1v) is 29.8. The first-order chi connectivity index (χ1) is 27.7. The zero-order chi connectivity index (χ0) is 47.1. The fourth-order valence-electron chi connectivity index (χ4n) is 7.92. The Hall–Kier alpha value is 0.450. The van der Waals surface area contributed by atoms with Crippen LogP contribution in [-0.2, 0) is 27.3 Å². The van der Waals surface area contributed by atoms with Crippen LogP contribution in [0.2, 0.25) is 0 Å². The Bertz CT molecular complexity index is 1090. The van der Waals surface area contributed by atoms with Crippen molar-refractivity contribution in [1.82, 2.24) is 0 Å². The van der Waals surface area contributed by atoms with Gasteiger partial charge in [-0.1, -0.05) is 188 Å². The second-order valence-electron chi connectivity index (χ2n) is 20.8. The van der Waals surface area contributed by atoms with Gasteiger partial charge in [-0.2, -0.15) is 0 Å². The molecule has 0 saturated heterocycles. The highest BCUT2D eigenvalue weighted by Crippen LogP contribution is 2.48. The molecule has 0 aliphatic rings. The van der Waals surface area contributed by atoms with E-state index in [2.05, 4.69) is 111 Å². The SMILES string of the molecule is CC(CC(C)(C)C)CP(=O)(O)CC(C)CC(C)(C)C.CCCCC(CC)COP(=O)(O)CC(CC)CCCC.CCCCC(CC)COP(=O)(O)OCC(CC)CCCC. The zero-order valence-electron chi connectivity index (χ0n) is 42.6. The maximum absolute atomic E-state index is 12.4. The van der Waals surface area contributed by atoms with Crippen LogP contribution < -0.4 is 0 Å². The van der Waals surface area contributed by atoms with Gasteiger partial charge in [0.1, 0.15) is 0 Å². The monoisotopic (exact) mass is 919 g/mol. The van der Waals surface area contributed by atoms with Gasteiger partial charge in [0.2, 0.25) is 7.37 Å². The second-order valence-corrected chi connectivity index (χ2v) is 26.6. The standard InChI is InChI=1S/C16H35O4P.C16H35O3P.C16H35O2P/c1-5-9-11-15(7-3)13-19-21(17,18)20-14-16(8-4)12-10-6-2;1-5-9-11-15(7-3)13-19-20(17,18)14-16(8-4)12-10-6-2;1-13(9-15(3,4)5)11-19(17,18)12-14(2)10-16(6,7)8/h15-16H,5-14H2,1-4H3,(H,17,18);15-16H,5-14H2,1-4H3,(H,17,18);13-14H,9-12H2,1-8H3,(H,17,18). The van der Waals surface area contributed by atoms with E-state index in [1.807, 2.05) is 0 Å². The lowest BCUT2D eigenvalue weighted by molar-refractivity contribution is 0.110. The highest BCUT2D eigenvalue weighted by molar-refractivity contribution is 7.58. The van der Waals surface area contributed by atoms with Crippen LogP contribution in [0, 0.1) is 46.3 Å². The highest BCUT2D eigenvalue weighted by Gasteiger charge is 2.29. The van der Waals surface area contributed by atoms with Crippen LogP contribution in [0.25, 0.3) is 0 Å². The number of hydrogen-bond acceptors (Lipinski definition) is 6. The van der Waals surface area contributed by atoms with Crippen LogP contribution in [0.1, 0.15) is 226 Å². The summed E-state index contributed by atoms with van der Waals surface area (Å²) in [5.74, 6) is 2.06. The minimum atomic E-state index is -3.89. The average Bonchev–Trinajstić information content (AvgIpc) is 3.12. The minimum absolute atomic E-state index is 0.233. The molecule has 9 nitrogen and oxygen atoms in total. The molecule has 60 heavy (non-hydrogen) atoms. The first kappa shape index (κ1) is 64.7. The normalized spacial score (nSPS) is 18.2. The van der Waals surface area contributed by atoms with Gasteiger partial charge in [-0.3, -0.25) is 18.2 Å². The third kappa shape index (κ3) is 42.4. The van der Waals surface area contributed by atoms with Gasteiger partial charge in [-0.15, -0.1) is 0 Å². The highest BCUT2D eigenvalue weighted by atomic mass is 31.2. The lowest BCUT2D eigenvalue weighted by Crippen LogP contribution is -2.18. The van der Waals surface area contributed by atoms with Gasteiger partial charge in [-0.05, 0) is 84.9 Å². The number of phosphoric acid groups is 1. The van der Waals surface area contributed by atoms with Gasteiger partial charge >= 0.3 is 15.4 Å². The Labute approximate surface area is 374 Å². The molecule has 0 fully saturated rings. The molecule has 0 aliphatic carbocycles. The molecule has 0 spiro atoms. The molecule has 0 bridgehead atoms. The van der Waals surface area contributed by atoms with E-state index in [-0.39, 0.29) is 10.8 Å². The summed E-state index contributed by atoms with van der Waals surface area (Å²) in [5, 5.41) is 0. The molecule has 0 aliphatic heterocycles. The smallest absolute Gasteiger partial charge is 0.344 e. The molecule has 3 N–H and O–H groups in total. The topological polar surface area (TPSA) is 140 Å². The van der Waals surface area contributed by atoms with Crippen molar-refractivity contribution in [3.05, 3.63) is 0 Å². The summed E-state index contributed by atoms with van der Waals surface area (Å²) in [6.07, 6.45) is 20.6. The lowest BCUT2D eigenvalue weighted by Gasteiger charge is -2.27. The van der Waals surface area contributed by atoms with Crippen molar-refractivity contribution >= 4 is 22.8 Å². The molecule has 0 radical (unpaired) electrons. The zero-order valence-corrected chi connectivity index (χ0v) is 45.3. The van der Waals surface area contributed by atoms with Crippen LogP contribution in [-0.4, -0.2) is 53.0 Å². The molecule has 0 aromatic heterocycles. The van der Waals surface area contributed by atoms with E-state index < -0.39 is 22.8 Å². The quantitative estimate of drug-likeness (QED) is 0.0549. The predicted octanol–water partition coefficient (Wildman–Crippen LogP) is 16.6. The molecule has 0 heterocycles. The Balaban J connectivity index is -0.000000813. The van der Waals surface area contributed by atoms with Gasteiger partial charge in [0, 0.05) is 12.3 Å². The van der Waals surface area contributed by atoms with Crippen LogP contribution in [0.5, 0.6) is 0 Å². The number of rotatable bonds is 33. The van der Waals surface area contributed by atoms with Gasteiger partial charge in [0.15, 0.2) is 0 Å². The van der Waals surface area contributed by atoms with Crippen molar-refractivity contribution < 1.29 is 41.9 Å². The van der Waals surface area contributed by atoms with Crippen molar-refractivity contribution in [2.45, 2.75) is 226 Å². The van der Waals surface area contributed by atoms with E-state index in [0.29, 0.717) is 73.8 Å². The van der Waals surface area contributed by atoms with E-state index >= 15 is 0 Å². The van der Waals surface area contributed by atoms with E-state index in [1.165, 1.54) is 12.8 Å². The van der Waals surface area contributed by atoms with Crippen LogP contribution >= 0.6 is 22.8 Å². The Kier molecular flexibility index (Phi) is 38.5. The Morgan fingerprint density at radius 2 is 0.733 bits per heavy atom. The summed E-state index contributed by atoms with van der Waals surface area (Å²) in [6.45, 7) is 35.4. The molecule has 7 atom stereocenters. The first-order valence-electron chi connectivity index (χ1n) is 24.6. The van der Waals surface area contributed by atoms with Gasteiger partial charge < -0.3 is 19.2 Å². The fraction of sp³-hybridized carbons (Fsp3) is 1.00. The number of phosphoric ester groups is 1. The van der Waals surface area contributed by atoms with E-state index in [0.717, 1.165) is 103 Å². The lowest BCUT2D eigenvalue weighted by atomic mass is 9.86. The molecular weight excluding hydrogens is 813 g/mol. The van der Waals surface area contributed by atoms with Crippen molar-refractivity contribution in [3.63, 3.8) is 0 Å². The third-order valence-corrected chi connectivity index (χ3v) is 16.1. The molecule has 0 saturated carbocycles. The summed E-state index contributed by atoms with van der Waals surface area (Å²) < 4.78 is 52.2. The van der Waals surface area contributed by atoms with Crippen LogP contribution in [0.4, 0.5) is 0 Å². The number of hydrogen-bond donors (Lipinski definition) is 3. The maximum Gasteiger partial charge on any atom is 0.472 e. The van der Waals surface area contributed by atoms with Crippen molar-refractivity contribution in [2.75, 3.05) is 38.3 Å². The van der Waals surface area contributed by atoms with E-state index in [1.54, 1.807) is 0 Å².